The van der Waals surface area contributed by atoms with Crippen LogP contribution in [0.25, 0.3) is 0 Å². The first-order valence-electron chi connectivity index (χ1n) is 5.64. The minimum Gasteiger partial charge on any atom is -0.385 e. The van der Waals surface area contributed by atoms with Gasteiger partial charge in [0.15, 0.2) is 0 Å². The zero-order valence-corrected chi connectivity index (χ0v) is 11.3. The van der Waals surface area contributed by atoms with Crippen molar-refractivity contribution < 1.29 is 5.11 Å². The molecule has 1 aromatic carbocycles. The molecule has 1 unspecified atom stereocenters. The molecule has 1 aromatic heterocycles. The Bertz CT molecular complexity index is 496. The first-order valence-corrected chi connectivity index (χ1v) is 6.43. The van der Waals surface area contributed by atoms with E-state index in [2.05, 4.69) is 20.9 Å². The van der Waals surface area contributed by atoms with E-state index >= 15 is 0 Å². The van der Waals surface area contributed by atoms with Gasteiger partial charge in [0.25, 0.3) is 0 Å². The number of aromatic nitrogens is 2. The van der Waals surface area contributed by atoms with Gasteiger partial charge in [-0.2, -0.15) is 0 Å². The largest absolute Gasteiger partial charge is 0.385 e. The van der Waals surface area contributed by atoms with E-state index in [9.17, 15) is 5.11 Å². The Morgan fingerprint density at radius 2 is 2.29 bits per heavy atom. The number of imidazole rings is 1. The average molecular weight is 295 g/mol. The highest BCUT2D eigenvalue weighted by Crippen LogP contribution is 2.19. The lowest BCUT2D eigenvalue weighted by atomic mass is 10.1. The van der Waals surface area contributed by atoms with Crippen molar-refractivity contribution in [2.45, 2.75) is 26.0 Å². The van der Waals surface area contributed by atoms with Crippen molar-refractivity contribution in [3.63, 3.8) is 0 Å². The molecule has 2 rings (SSSR count). The molecular weight excluding hydrogens is 280 g/mol. The van der Waals surface area contributed by atoms with Crippen LogP contribution in [0.5, 0.6) is 0 Å². The van der Waals surface area contributed by atoms with E-state index in [1.807, 2.05) is 42.0 Å². The number of nitrogens with zero attached hydrogens (tertiary/aromatic N) is 2. The molecule has 0 saturated heterocycles. The van der Waals surface area contributed by atoms with Crippen LogP contribution in [0.1, 0.15) is 24.4 Å². The maximum atomic E-state index is 10.2. The molecule has 0 radical (unpaired) electrons. The van der Waals surface area contributed by atoms with E-state index < -0.39 is 6.10 Å². The Kier molecular flexibility index (Phi) is 3.97. The van der Waals surface area contributed by atoms with Crippen LogP contribution >= 0.6 is 15.9 Å². The van der Waals surface area contributed by atoms with E-state index in [1.54, 1.807) is 6.20 Å². The van der Waals surface area contributed by atoms with Gasteiger partial charge in [-0.3, -0.25) is 0 Å². The highest BCUT2D eigenvalue weighted by molar-refractivity contribution is 9.10. The van der Waals surface area contributed by atoms with Gasteiger partial charge in [0, 0.05) is 29.8 Å². The smallest absolute Gasteiger partial charge is 0.137 e. The molecule has 4 heteroatoms. The van der Waals surface area contributed by atoms with E-state index in [0.29, 0.717) is 6.42 Å². The third-order valence-electron chi connectivity index (χ3n) is 2.70. The second-order valence-corrected chi connectivity index (χ2v) is 4.84. The maximum absolute atomic E-state index is 10.2. The Morgan fingerprint density at radius 3 is 3.00 bits per heavy atom. The number of rotatable bonds is 4. The lowest BCUT2D eigenvalue weighted by molar-refractivity contribution is 0.164. The first-order chi connectivity index (χ1) is 8.20. The van der Waals surface area contributed by atoms with Crippen molar-refractivity contribution in [2.24, 2.45) is 0 Å². The minimum atomic E-state index is -0.556. The summed E-state index contributed by atoms with van der Waals surface area (Å²) in [6, 6.07) is 7.97. The van der Waals surface area contributed by atoms with E-state index in [4.69, 9.17) is 0 Å². The van der Waals surface area contributed by atoms with Crippen LogP contribution in [0.4, 0.5) is 0 Å². The van der Waals surface area contributed by atoms with Crippen molar-refractivity contribution >= 4 is 15.9 Å². The van der Waals surface area contributed by atoms with Gasteiger partial charge in [-0.15, -0.1) is 0 Å². The molecule has 0 fully saturated rings. The van der Waals surface area contributed by atoms with Crippen molar-refractivity contribution in [2.75, 3.05) is 0 Å². The third kappa shape index (κ3) is 2.96. The van der Waals surface area contributed by atoms with Crippen LogP contribution in [0.3, 0.4) is 0 Å². The molecule has 1 atom stereocenters. The second kappa shape index (κ2) is 5.47. The van der Waals surface area contributed by atoms with Gasteiger partial charge >= 0.3 is 0 Å². The van der Waals surface area contributed by atoms with Gasteiger partial charge in [0.2, 0.25) is 0 Å². The van der Waals surface area contributed by atoms with Crippen molar-refractivity contribution in [1.29, 1.82) is 0 Å². The number of hydrogen-bond donors (Lipinski definition) is 1. The molecule has 1 N–H and O–H groups in total. The predicted molar refractivity (Wildman–Crippen MR) is 70.7 cm³/mol. The molecule has 0 saturated carbocycles. The fourth-order valence-corrected chi connectivity index (χ4v) is 2.31. The van der Waals surface area contributed by atoms with Crippen LogP contribution in [-0.4, -0.2) is 14.7 Å². The molecule has 0 aliphatic carbocycles. The minimum absolute atomic E-state index is 0.556. The SMILES string of the molecule is CCn1ccnc1C(O)Cc1cccc(Br)c1. The summed E-state index contributed by atoms with van der Waals surface area (Å²) in [5.41, 5.74) is 1.09. The number of hydrogen-bond acceptors (Lipinski definition) is 2. The summed E-state index contributed by atoms with van der Waals surface area (Å²) in [4.78, 5) is 4.21. The van der Waals surface area contributed by atoms with E-state index in [0.717, 1.165) is 22.4 Å². The highest BCUT2D eigenvalue weighted by atomic mass is 79.9. The Balaban J connectivity index is 2.14. The van der Waals surface area contributed by atoms with Crippen LogP contribution in [0.15, 0.2) is 41.1 Å². The lowest BCUT2D eigenvalue weighted by Gasteiger charge is -2.12. The molecule has 3 nitrogen and oxygen atoms in total. The Hall–Kier alpha value is -1.13. The summed E-state index contributed by atoms with van der Waals surface area (Å²) < 4.78 is 2.99. The number of halogens is 1. The Labute approximate surface area is 109 Å². The molecule has 90 valence electrons. The molecule has 17 heavy (non-hydrogen) atoms. The highest BCUT2D eigenvalue weighted by Gasteiger charge is 2.13. The molecule has 0 bridgehead atoms. The van der Waals surface area contributed by atoms with Gasteiger partial charge < -0.3 is 9.67 Å². The molecule has 0 aliphatic rings. The molecule has 0 amide bonds. The van der Waals surface area contributed by atoms with Crippen LogP contribution in [0.2, 0.25) is 0 Å². The zero-order chi connectivity index (χ0) is 12.3. The van der Waals surface area contributed by atoms with Crippen LogP contribution < -0.4 is 0 Å². The molecule has 0 spiro atoms. The first kappa shape index (κ1) is 12.3. The van der Waals surface area contributed by atoms with Gasteiger partial charge in [0.05, 0.1) is 0 Å². The van der Waals surface area contributed by atoms with Crippen LogP contribution in [-0.2, 0) is 13.0 Å². The summed E-state index contributed by atoms with van der Waals surface area (Å²) >= 11 is 3.43. The number of aliphatic hydroxyl groups is 1. The molecule has 1 heterocycles. The Morgan fingerprint density at radius 1 is 1.47 bits per heavy atom. The normalized spacial score (nSPS) is 12.6. The van der Waals surface area contributed by atoms with Gasteiger partial charge in [-0.05, 0) is 24.6 Å². The average Bonchev–Trinajstić information content (AvgIpc) is 2.77. The predicted octanol–water partition coefficient (Wildman–Crippen LogP) is 2.94. The molecule has 0 aliphatic heterocycles. The maximum Gasteiger partial charge on any atom is 0.137 e. The standard InChI is InChI=1S/C13H15BrN2O/c1-2-16-7-6-15-13(16)12(17)9-10-4-3-5-11(14)8-10/h3-8,12,17H,2,9H2,1H3. The summed E-state index contributed by atoms with van der Waals surface area (Å²) in [5.74, 6) is 0.729. The summed E-state index contributed by atoms with van der Waals surface area (Å²) in [6.07, 6.45) is 3.64. The van der Waals surface area contributed by atoms with Gasteiger partial charge in [0.1, 0.15) is 11.9 Å². The summed E-state index contributed by atoms with van der Waals surface area (Å²) in [5, 5.41) is 10.2. The van der Waals surface area contributed by atoms with Gasteiger partial charge in [-0.25, -0.2) is 4.98 Å². The monoisotopic (exact) mass is 294 g/mol. The lowest BCUT2D eigenvalue weighted by Crippen LogP contribution is -2.10. The number of aryl methyl sites for hydroxylation is 1. The third-order valence-corrected chi connectivity index (χ3v) is 3.20. The number of aliphatic hydroxyl groups excluding tert-OH is 1. The topological polar surface area (TPSA) is 38.0 Å². The molecular formula is C13H15BrN2O. The fourth-order valence-electron chi connectivity index (χ4n) is 1.86. The van der Waals surface area contributed by atoms with Crippen molar-refractivity contribution in [3.8, 4) is 0 Å². The fraction of sp³-hybridized carbons (Fsp3) is 0.308. The second-order valence-electron chi connectivity index (χ2n) is 3.92. The van der Waals surface area contributed by atoms with Crippen molar-refractivity contribution in [1.82, 2.24) is 9.55 Å². The molecule has 2 aromatic rings. The number of benzene rings is 1. The zero-order valence-electron chi connectivity index (χ0n) is 9.68. The summed E-state index contributed by atoms with van der Waals surface area (Å²) in [7, 11) is 0. The quantitative estimate of drug-likeness (QED) is 0.941. The van der Waals surface area contributed by atoms with E-state index in [-0.39, 0.29) is 0 Å². The van der Waals surface area contributed by atoms with Crippen molar-refractivity contribution in [3.05, 3.63) is 52.5 Å². The summed E-state index contributed by atoms with van der Waals surface area (Å²) in [6.45, 7) is 2.86. The van der Waals surface area contributed by atoms with E-state index in [1.165, 1.54) is 0 Å². The van der Waals surface area contributed by atoms with Gasteiger partial charge in [-0.1, -0.05) is 28.1 Å². The van der Waals surface area contributed by atoms with Crippen LogP contribution in [0, 0.1) is 0 Å².